The van der Waals surface area contributed by atoms with Gasteiger partial charge in [-0.05, 0) is 42.4 Å². The highest BCUT2D eigenvalue weighted by atomic mass is 35.5. The van der Waals surface area contributed by atoms with Crippen molar-refractivity contribution in [1.29, 1.82) is 0 Å². The molecule has 0 aliphatic rings. The molecule has 0 saturated heterocycles. The zero-order chi connectivity index (χ0) is 14.5. The first-order valence-corrected chi connectivity index (χ1v) is 6.86. The Labute approximate surface area is 123 Å². The standard InChI is InChI=1S/C16H17ClFNO/c1-3-19-10-11-4-6-15(18)13(8-11)14-9-12(17)5-7-16(14)20-2/h4-9,19H,3,10H2,1-2H3. The number of hydrogen-bond acceptors (Lipinski definition) is 2. The van der Waals surface area contributed by atoms with Crippen LogP contribution in [0.3, 0.4) is 0 Å². The van der Waals surface area contributed by atoms with Crippen LogP contribution in [0.25, 0.3) is 11.1 Å². The molecule has 4 heteroatoms. The van der Waals surface area contributed by atoms with E-state index in [1.54, 1.807) is 31.4 Å². The lowest BCUT2D eigenvalue weighted by atomic mass is 10.0. The van der Waals surface area contributed by atoms with Gasteiger partial charge in [0.05, 0.1) is 7.11 Å². The first kappa shape index (κ1) is 14.8. The summed E-state index contributed by atoms with van der Waals surface area (Å²) in [6.07, 6.45) is 0. The van der Waals surface area contributed by atoms with Crippen LogP contribution in [0.1, 0.15) is 12.5 Å². The number of hydrogen-bond donors (Lipinski definition) is 1. The van der Waals surface area contributed by atoms with Crippen LogP contribution in [0.2, 0.25) is 5.02 Å². The van der Waals surface area contributed by atoms with Crippen molar-refractivity contribution in [3.8, 4) is 16.9 Å². The molecule has 0 bridgehead atoms. The zero-order valence-corrected chi connectivity index (χ0v) is 12.3. The minimum absolute atomic E-state index is 0.286. The summed E-state index contributed by atoms with van der Waals surface area (Å²) in [6, 6.07) is 10.3. The van der Waals surface area contributed by atoms with Crippen LogP contribution in [0.5, 0.6) is 5.75 Å². The first-order chi connectivity index (χ1) is 9.65. The molecule has 0 unspecified atom stereocenters. The Morgan fingerprint density at radius 1 is 1.15 bits per heavy atom. The van der Waals surface area contributed by atoms with Gasteiger partial charge < -0.3 is 10.1 Å². The van der Waals surface area contributed by atoms with Crippen molar-refractivity contribution in [3.63, 3.8) is 0 Å². The van der Waals surface area contributed by atoms with Gasteiger partial charge in [0.2, 0.25) is 0 Å². The van der Waals surface area contributed by atoms with Crippen LogP contribution >= 0.6 is 11.6 Å². The van der Waals surface area contributed by atoms with Crippen LogP contribution in [-0.2, 0) is 6.54 Å². The summed E-state index contributed by atoms with van der Waals surface area (Å²) >= 11 is 6.01. The lowest BCUT2D eigenvalue weighted by molar-refractivity contribution is 0.416. The Bertz CT molecular complexity index is 601. The second kappa shape index (κ2) is 6.73. The predicted molar refractivity (Wildman–Crippen MR) is 80.8 cm³/mol. The number of methoxy groups -OCH3 is 1. The van der Waals surface area contributed by atoms with E-state index >= 15 is 0 Å². The average Bonchev–Trinajstić information content (AvgIpc) is 2.46. The molecular formula is C16H17ClFNO. The van der Waals surface area contributed by atoms with E-state index in [4.69, 9.17) is 16.3 Å². The van der Waals surface area contributed by atoms with Crippen molar-refractivity contribution in [2.45, 2.75) is 13.5 Å². The molecular weight excluding hydrogens is 277 g/mol. The summed E-state index contributed by atoms with van der Waals surface area (Å²) in [4.78, 5) is 0. The molecule has 0 heterocycles. The van der Waals surface area contributed by atoms with Gasteiger partial charge in [0.1, 0.15) is 11.6 Å². The molecule has 2 rings (SSSR count). The molecule has 0 saturated carbocycles. The normalized spacial score (nSPS) is 10.6. The van der Waals surface area contributed by atoms with Crippen molar-refractivity contribution in [2.75, 3.05) is 13.7 Å². The van der Waals surface area contributed by atoms with Crippen molar-refractivity contribution in [1.82, 2.24) is 5.32 Å². The number of nitrogens with one attached hydrogen (secondary N) is 1. The second-order valence-electron chi connectivity index (χ2n) is 4.44. The Morgan fingerprint density at radius 3 is 2.65 bits per heavy atom. The maximum Gasteiger partial charge on any atom is 0.131 e. The van der Waals surface area contributed by atoms with Gasteiger partial charge >= 0.3 is 0 Å². The molecule has 0 fully saturated rings. The summed E-state index contributed by atoms with van der Waals surface area (Å²) in [5.41, 5.74) is 2.18. The lowest BCUT2D eigenvalue weighted by Gasteiger charge is -2.12. The lowest BCUT2D eigenvalue weighted by Crippen LogP contribution is -2.11. The third-order valence-electron chi connectivity index (χ3n) is 3.06. The van der Waals surface area contributed by atoms with Gasteiger partial charge in [-0.1, -0.05) is 24.6 Å². The van der Waals surface area contributed by atoms with E-state index in [1.165, 1.54) is 6.07 Å². The molecule has 20 heavy (non-hydrogen) atoms. The Balaban J connectivity index is 2.48. The summed E-state index contributed by atoms with van der Waals surface area (Å²) in [6.45, 7) is 3.60. The second-order valence-corrected chi connectivity index (χ2v) is 4.88. The summed E-state index contributed by atoms with van der Waals surface area (Å²) in [7, 11) is 1.56. The largest absolute Gasteiger partial charge is 0.496 e. The Hall–Kier alpha value is -1.58. The van der Waals surface area contributed by atoms with E-state index in [0.717, 1.165) is 12.1 Å². The van der Waals surface area contributed by atoms with Gasteiger partial charge in [0, 0.05) is 22.7 Å². The van der Waals surface area contributed by atoms with Gasteiger partial charge in [-0.3, -0.25) is 0 Å². The first-order valence-electron chi connectivity index (χ1n) is 6.48. The van der Waals surface area contributed by atoms with E-state index in [9.17, 15) is 4.39 Å². The van der Waals surface area contributed by atoms with Gasteiger partial charge in [-0.15, -0.1) is 0 Å². The van der Waals surface area contributed by atoms with E-state index in [2.05, 4.69) is 5.32 Å². The quantitative estimate of drug-likeness (QED) is 0.889. The smallest absolute Gasteiger partial charge is 0.131 e. The third kappa shape index (κ3) is 3.30. The van der Waals surface area contributed by atoms with Gasteiger partial charge in [-0.2, -0.15) is 0 Å². The number of halogens is 2. The molecule has 2 aromatic carbocycles. The van der Waals surface area contributed by atoms with E-state index in [0.29, 0.717) is 28.4 Å². The monoisotopic (exact) mass is 293 g/mol. The van der Waals surface area contributed by atoms with Crippen molar-refractivity contribution >= 4 is 11.6 Å². The molecule has 2 nitrogen and oxygen atoms in total. The average molecular weight is 294 g/mol. The Morgan fingerprint density at radius 2 is 1.95 bits per heavy atom. The van der Waals surface area contributed by atoms with Crippen molar-refractivity contribution in [2.24, 2.45) is 0 Å². The maximum atomic E-state index is 14.1. The van der Waals surface area contributed by atoms with E-state index < -0.39 is 0 Å². The molecule has 0 atom stereocenters. The maximum absolute atomic E-state index is 14.1. The van der Waals surface area contributed by atoms with Gasteiger partial charge in [0.25, 0.3) is 0 Å². The Kier molecular flexibility index (Phi) is 4.99. The van der Waals surface area contributed by atoms with E-state index in [1.807, 2.05) is 13.0 Å². The highest BCUT2D eigenvalue weighted by Crippen LogP contribution is 2.34. The highest BCUT2D eigenvalue weighted by molar-refractivity contribution is 6.31. The van der Waals surface area contributed by atoms with E-state index in [-0.39, 0.29) is 5.82 Å². The third-order valence-corrected chi connectivity index (χ3v) is 3.30. The molecule has 2 aromatic rings. The zero-order valence-electron chi connectivity index (χ0n) is 11.5. The molecule has 106 valence electrons. The molecule has 0 aliphatic heterocycles. The highest BCUT2D eigenvalue weighted by Gasteiger charge is 2.12. The fraction of sp³-hybridized carbons (Fsp3) is 0.250. The predicted octanol–water partition coefficient (Wildman–Crippen LogP) is 4.26. The fourth-order valence-electron chi connectivity index (χ4n) is 2.05. The molecule has 0 spiro atoms. The van der Waals surface area contributed by atoms with Crippen molar-refractivity contribution in [3.05, 3.63) is 52.8 Å². The van der Waals surface area contributed by atoms with Crippen LogP contribution in [0.15, 0.2) is 36.4 Å². The number of ether oxygens (including phenoxy) is 1. The van der Waals surface area contributed by atoms with Gasteiger partial charge in [-0.25, -0.2) is 4.39 Å². The molecule has 0 aromatic heterocycles. The fourth-order valence-corrected chi connectivity index (χ4v) is 2.22. The van der Waals surface area contributed by atoms with Crippen LogP contribution < -0.4 is 10.1 Å². The van der Waals surface area contributed by atoms with Gasteiger partial charge in [0.15, 0.2) is 0 Å². The summed E-state index contributed by atoms with van der Waals surface area (Å²) in [5, 5.41) is 3.78. The summed E-state index contributed by atoms with van der Waals surface area (Å²) in [5.74, 6) is 0.319. The minimum Gasteiger partial charge on any atom is -0.496 e. The summed E-state index contributed by atoms with van der Waals surface area (Å²) < 4.78 is 19.4. The van der Waals surface area contributed by atoms with Crippen molar-refractivity contribution < 1.29 is 9.13 Å². The number of rotatable bonds is 5. The SMILES string of the molecule is CCNCc1ccc(F)c(-c2cc(Cl)ccc2OC)c1. The van der Waals surface area contributed by atoms with Crippen LogP contribution in [-0.4, -0.2) is 13.7 Å². The minimum atomic E-state index is -0.286. The molecule has 0 radical (unpaired) electrons. The molecule has 0 amide bonds. The molecule has 1 N–H and O–H groups in total. The topological polar surface area (TPSA) is 21.3 Å². The number of benzene rings is 2. The molecule has 0 aliphatic carbocycles. The van der Waals surface area contributed by atoms with Crippen LogP contribution in [0.4, 0.5) is 4.39 Å². The van der Waals surface area contributed by atoms with Crippen LogP contribution in [0, 0.1) is 5.82 Å².